The van der Waals surface area contributed by atoms with Gasteiger partial charge in [0.2, 0.25) is 0 Å². The Balaban J connectivity index is 2.14. The van der Waals surface area contributed by atoms with Crippen LogP contribution in [0.2, 0.25) is 0 Å². The number of benzene rings is 1. The first-order valence-corrected chi connectivity index (χ1v) is 7.61. The van der Waals surface area contributed by atoms with Gasteiger partial charge < -0.3 is 5.73 Å². The van der Waals surface area contributed by atoms with E-state index in [1.807, 2.05) is 20.8 Å². The highest BCUT2D eigenvalue weighted by Gasteiger charge is 2.06. The lowest BCUT2D eigenvalue weighted by molar-refractivity contribution is 0.737. The van der Waals surface area contributed by atoms with Crippen LogP contribution >= 0.6 is 11.8 Å². The van der Waals surface area contributed by atoms with Crippen LogP contribution in [-0.2, 0) is 6.42 Å². The van der Waals surface area contributed by atoms with E-state index in [0.717, 1.165) is 27.9 Å². The molecule has 1 atom stereocenters. The first-order valence-electron chi connectivity index (χ1n) is 6.80. The minimum absolute atomic E-state index is 0.194. The highest BCUT2D eigenvalue weighted by atomic mass is 32.2. The normalized spacial score (nSPS) is 12.4. The van der Waals surface area contributed by atoms with Crippen LogP contribution < -0.4 is 5.73 Å². The van der Waals surface area contributed by atoms with Crippen molar-refractivity contribution in [3.63, 3.8) is 0 Å². The fraction of sp³-hybridized carbons (Fsp3) is 0.375. The third kappa shape index (κ3) is 3.81. The van der Waals surface area contributed by atoms with Gasteiger partial charge in [0, 0.05) is 22.3 Å². The summed E-state index contributed by atoms with van der Waals surface area (Å²) in [6.45, 7) is 8.13. The van der Waals surface area contributed by atoms with Crippen LogP contribution in [-0.4, -0.2) is 16.0 Å². The second kappa shape index (κ2) is 6.37. The molecule has 0 radical (unpaired) electrons. The molecule has 0 saturated carbocycles. The average Bonchev–Trinajstić information content (AvgIpc) is 2.37. The lowest BCUT2D eigenvalue weighted by Gasteiger charge is -2.08. The van der Waals surface area contributed by atoms with Crippen molar-refractivity contribution in [2.24, 2.45) is 5.73 Å². The molecule has 2 rings (SSSR count). The molecule has 0 bridgehead atoms. The van der Waals surface area contributed by atoms with E-state index in [9.17, 15) is 0 Å². The molecule has 1 aromatic heterocycles. The van der Waals surface area contributed by atoms with Crippen LogP contribution in [0.4, 0.5) is 0 Å². The van der Waals surface area contributed by atoms with Gasteiger partial charge in [0.05, 0.1) is 0 Å². The zero-order valence-corrected chi connectivity index (χ0v) is 13.3. The van der Waals surface area contributed by atoms with Crippen LogP contribution in [0.15, 0.2) is 34.3 Å². The highest BCUT2D eigenvalue weighted by molar-refractivity contribution is 7.99. The number of nitrogens with zero attached hydrogens (tertiary/aromatic N) is 2. The summed E-state index contributed by atoms with van der Waals surface area (Å²) in [6, 6.07) is 8.66. The van der Waals surface area contributed by atoms with Gasteiger partial charge in [-0.2, -0.15) is 0 Å². The van der Waals surface area contributed by atoms with E-state index >= 15 is 0 Å². The van der Waals surface area contributed by atoms with Crippen molar-refractivity contribution in [2.45, 2.75) is 50.2 Å². The average molecular weight is 287 g/mol. The van der Waals surface area contributed by atoms with Gasteiger partial charge in [-0.05, 0) is 69.1 Å². The Bertz CT molecular complexity index is 568. The molecule has 1 aromatic carbocycles. The Morgan fingerprint density at radius 2 is 1.60 bits per heavy atom. The molecule has 1 unspecified atom stereocenters. The lowest BCUT2D eigenvalue weighted by Crippen LogP contribution is -2.17. The summed E-state index contributed by atoms with van der Waals surface area (Å²) in [6.07, 6.45) is 0.907. The van der Waals surface area contributed by atoms with Crippen LogP contribution in [0.25, 0.3) is 0 Å². The lowest BCUT2D eigenvalue weighted by atomic mass is 10.1. The number of hydrogen-bond acceptors (Lipinski definition) is 4. The molecule has 0 spiro atoms. The molecule has 1 heterocycles. The van der Waals surface area contributed by atoms with E-state index in [2.05, 4.69) is 41.2 Å². The van der Waals surface area contributed by atoms with Crippen molar-refractivity contribution in [1.29, 1.82) is 0 Å². The van der Waals surface area contributed by atoms with Crippen LogP contribution in [0, 0.1) is 20.8 Å². The molecule has 0 aliphatic heterocycles. The maximum atomic E-state index is 5.81. The number of nitrogens with two attached hydrogens (primary N) is 1. The van der Waals surface area contributed by atoms with Crippen molar-refractivity contribution in [3.8, 4) is 0 Å². The Kier molecular flexibility index (Phi) is 4.78. The Hall–Kier alpha value is -1.39. The van der Waals surface area contributed by atoms with Gasteiger partial charge >= 0.3 is 0 Å². The topological polar surface area (TPSA) is 51.8 Å². The molecule has 2 aromatic rings. The zero-order valence-electron chi connectivity index (χ0n) is 12.5. The molecule has 20 heavy (non-hydrogen) atoms. The summed E-state index contributed by atoms with van der Waals surface area (Å²) in [7, 11) is 0. The molecule has 0 amide bonds. The largest absolute Gasteiger partial charge is 0.328 e. The third-order valence-corrected chi connectivity index (χ3v) is 4.18. The fourth-order valence-corrected chi connectivity index (χ4v) is 2.81. The third-order valence-electron chi connectivity index (χ3n) is 3.30. The predicted molar refractivity (Wildman–Crippen MR) is 84.2 cm³/mol. The van der Waals surface area contributed by atoms with Gasteiger partial charge in [-0.15, -0.1) is 0 Å². The van der Waals surface area contributed by atoms with Gasteiger partial charge in [-0.3, -0.25) is 0 Å². The summed E-state index contributed by atoms with van der Waals surface area (Å²) >= 11 is 1.60. The second-order valence-electron chi connectivity index (χ2n) is 5.23. The zero-order chi connectivity index (χ0) is 14.7. The maximum Gasteiger partial charge on any atom is 0.192 e. The first-order chi connectivity index (χ1) is 9.45. The van der Waals surface area contributed by atoms with E-state index < -0.39 is 0 Å². The van der Waals surface area contributed by atoms with E-state index in [1.165, 1.54) is 11.1 Å². The molecule has 0 aliphatic carbocycles. The van der Waals surface area contributed by atoms with Crippen molar-refractivity contribution in [3.05, 3.63) is 46.8 Å². The number of rotatable bonds is 4. The minimum Gasteiger partial charge on any atom is -0.328 e. The number of aryl methyl sites for hydroxylation is 2. The van der Waals surface area contributed by atoms with Gasteiger partial charge in [-0.1, -0.05) is 12.1 Å². The van der Waals surface area contributed by atoms with Crippen molar-refractivity contribution in [2.75, 3.05) is 0 Å². The van der Waals surface area contributed by atoms with Crippen molar-refractivity contribution >= 4 is 11.8 Å². The smallest absolute Gasteiger partial charge is 0.192 e. The highest BCUT2D eigenvalue weighted by Crippen LogP contribution is 2.26. The van der Waals surface area contributed by atoms with E-state index in [-0.39, 0.29) is 6.04 Å². The van der Waals surface area contributed by atoms with Crippen LogP contribution in [0.3, 0.4) is 0 Å². The Morgan fingerprint density at radius 3 is 2.10 bits per heavy atom. The van der Waals surface area contributed by atoms with Crippen LogP contribution in [0.1, 0.15) is 29.4 Å². The minimum atomic E-state index is 0.194. The summed E-state index contributed by atoms with van der Waals surface area (Å²) in [5.41, 5.74) is 10.3. The van der Waals surface area contributed by atoms with Crippen LogP contribution in [0.5, 0.6) is 0 Å². The molecule has 0 aliphatic rings. The van der Waals surface area contributed by atoms with E-state index in [4.69, 9.17) is 5.73 Å². The Labute approximate surface area is 125 Å². The molecule has 0 saturated heterocycles. The summed E-state index contributed by atoms with van der Waals surface area (Å²) in [4.78, 5) is 10.2. The molecular formula is C16H21N3S. The van der Waals surface area contributed by atoms with Gasteiger partial charge in [-0.25, -0.2) is 9.97 Å². The summed E-state index contributed by atoms with van der Waals surface area (Å²) in [5, 5.41) is 0.811. The van der Waals surface area contributed by atoms with Gasteiger partial charge in [0.25, 0.3) is 0 Å². The predicted octanol–water partition coefficient (Wildman–Crippen LogP) is 3.44. The molecule has 106 valence electrons. The maximum absolute atomic E-state index is 5.81. The first kappa shape index (κ1) is 15.0. The Morgan fingerprint density at radius 1 is 1.05 bits per heavy atom. The number of hydrogen-bond donors (Lipinski definition) is 1. The fourth-order valence-electron chi connectivity index (χ4n) is 1.96. The van der Waals surface area contributed by atoms with Gasteiger partial charge in [0.15, 0.2) is 5.16 Å². The summed E-state index contributed by atoms with van der Waals surface area (Å²) < 4.78 is 0. The summed E-state index contributed by atoms with van der Waals surface area (Å²) in [5.74, 6) is 0. The molecule has 3 nitrogen and oxygen atoms in total. The van der Waals surface area contributed by atoms with E-state index in [0.29, 0.717) is 0 Å². The molecule has 0 fully saturated rings. The van der Waals surface area contributed by atoms with Gasteiger partial charge in [0.1, 0.15) is 0 Å². The van der Waals surface area contributed by atoms with Crippen molar-refractivity contribution < 1.29 is 0 Å². The monoisotopic (exact) mass is 287 g/mol. The standard InChI is InChI=1S/C16H21N3S/c1-10(17)9-14-5-7-15(8-6-14)20-16-18-12(3)11(2)13(4)19-16/h5-8,10H,9,17H2,1-4H3. The second-order valence-corrected chi connectivity index (χ2v) is 6.27. The molecule has 2 N–H and O–H groups in total. The quantitative estimate of drug-likeness (QED) is 0.875. The van der Waals surface area contributed by atoms with Crippen molar-refractivity contribution in [1.82, 2.24) is 9.97 Å². The van der Waals surface area contributed by atoms with E-state index in [1.54, 1.807) is 11.8 Å². The SMILES string of the molecule is Cc1nc(Sc2ccc(CC(C)N)cc2)nc(C)c1C. The number of aromatic nitrogens is 2. The molecular weight excluding hydrogens is 266 g/mol. The molecule has 4 heteroatoms.